The third-order valence-corrected chi connectivity index (χ3v) is 6.31. The van der Waals surface area contributed by atoms with Crippen LogP contribution in [0.15, 0.2) is 46.9 Å². The van der Waals surface area contributed by atoms with Gasteiger partial charge in [-0.2, -0.15) is 0 Å². The van der Waals surface area contributed by atoms with E-state index < -0.39 is 5.60 Å². The van der Waals surface area contributed by atoms with Gasteiger partial charge in [-0.25, -0.2) is 0 Å². The van der Waals surface area contributed by atoms with Crippen molar-refractivity contribution in [2.75, 3.05) is 0 Å². The Bertz CT molecular complexity index is 1120. The summed E-state index contributed by atoms with van der Waals surface area (Å²) in [7, 11) is 0. The molecule has 0 saturated heterocycles. The minimum atomic E-state index is -0.928. The van der Waals surface area contributed by atoms with Crippen molar-refractivity contribution in [2.45, 2.75) is 58.2 Å². The van der Waals surface area contributed by atoms with E-state index in [1.165, 1.54) is 0 Å². The average molecular weight is 418 g/mol. The highest BCUT2D eigenvalue weighted by atomic mass is 16.4. The van der Waals surface area contributed by atoms with Gasteiger partial charge in [0.15, 0.2) is 0 Å². The fraction of sp³-hybridized carbons (Fsp3) is 0.400. The second-order valence-corrected chi connectivity index (χ2v) is 9.14. The maximum atomic E-state index is 13.5. The van der Waals surface area contributed by atoms with Gasteiger partial charge in [-0.05, 0) is 61.4 Å². The zero-order chi connectivity index (χ0) is 21.8. The Morgan fingerprint density at radius 2 is 1.84 bits per heavy atom. The number of carbonyl (C=O) groups is 1. The molecular weight excluding hydrogens is 390 g/mol. The zero-order valence-corrected chi connectivity index (χ0v) is 18.1. The van der Waals surface area contributed by atoms with Crippen LogP contribution in [0.25, 0.3) is 22.6 Å². The predicted octanol–water partition coefficient (Wildman–Crippen LogP) is 4.47. The number of carbonyl (C=O) groups excluding carboxylic acids is 1. The van der Waals surface area contributed by atoms with Gasteiger partial charge in [0, 0.05) is 18.5 Å². The van der Waals surface area contributed by atoms with Crippen LogP contribution in [0.3, 0.4) is 0 Å². The first-order chi connectivity index (χ1) is 14.9. The highest BCUT2D eigenvalue weighted by Crippen LogP contribution is 2.44. The topological polar surface area (TPSA) is 79.5 Å². The Balaban J connectivity index is 1.47. The Hall–Kier alpha value is -2.99. The number of amides is 1. The van der Waals surface area contributed by atoms with E-state index in [0.29, 0.717) is 30.7 Å². The van der Waals surface area contributed by atoms with E-state index in [1.807, 2.05) is 68.1 Å². The first kappa shape index (κ1) is 19.9. The molecule has 160 valence electrons. The maximum Gasteiger partial charge on any atom is 0.255 e. The van der Waals surface area contributed by atoms with Crippen LogP contribution < -0.4 is 0 Å². The van der Waals surface area contributed by atoms with Crippen LogP contribution in [0.1, 0.15) is 55.4 Å². The van der Waals surface area contributed by atoms with Gasteiger partial charge in [-0.15, -0.1) is 10.2 Å². The summed E-state index contributed by atoms with van der Waals surface area (Å²) in [5.74, 6) is 1.51. The molecule has 1 aliphatic carbocycles. The Morgan fingerprint density at radius 3 is 2.45 bits per heavy atom. The van der Waals surface area contributed by atoms with E-state index in [-0.39, 0.29) is 11.9 Å². The number of hydrogen-bond acceptors (Lipinski definition) is 5. The number of benzene rings is 2. The van der Waals surface area contributed by atoms with E-state index in [4.69, 9.17) is 4.42 Å². The molecule has 0 radical (unpaired) electrons. The number of aromatic nitrogens is 2. The van der Waals surface area contributed by atoms with Crippen LogP contribution in [-0.2, 0) is 13.0 Å². The molecule has 1 unspecified atom stereocenters. The standard InChI is InChI=1S/C25H27N3O3/c1-4-20-26-27-23(31-20)17-12-8-15(9-13-17)19-7-5-6-18-14-28(24(29)21(18)19)22(16-10-11-16)25(2,3)30/h5-9,12-13,16,22,30H,4,10-11,14H2,1-3H3. The largest absolute Gasteiger partial charge is 0.421 e. The predicted molar refractivity (Wildman–Crippen MR) is 117 cm³/mol. The summed E-state index contributed by atoms with van der Waals surface area (Å²) in [5, 5.41) is 18.9. The summed E-state index contributed by atoms with van der Waals surface area (Å²) in [5.41, 5.74) is 3.58. The molecule has 2 heterocycles. The van der Waals surface area contributed by atoms with Gasteiger partial charge in [-0.1, -0.05) is 37.3 Å². The molecule has 1 aromatic heterocycles. The van der Waals surface area contributed by atoms with Crippen LogP contribution in [-0.4, -0.2) is 37.8 Å². The Morgan fingerprint density at radius 1 is 1.13 bits per heavy atom. The number of nitrogens with zero attached hydrogens (tertiary/aromatic N) is 3. The van der Waals surface area contributed by atoms with Crippen molar-refractivity contribution in [2.24, 2.45) is 5.92 Å². The molecular formula is C25H27N3O3. The van der Waals surface area contributed by atoms with Crippen molar-refractivity contribution in [3.05, 3.63) is 59.5 Å². The lowest BCUT2D eigenvalue weighted by Gasteiger charge is -2.37. The van der Waals surface area contributed by atoms with Gasteiger partial charge in [0.25, 0.3) is 5.91 Å². The first-order valence-electron chi connectivity index (χ1n) is 10.9. The molecule has 31 heavy (non-hydrogen) atoms. The summed E-state index contributed by atoms with van der Waals surface area (Å²) < 4.78 is 5.65. The third kappa shape index (κ3) is 3.55. The summed E-state index contributed by atoms with van der Waals surface area (Å²) in [6.45, 7) is 6.15. The van der Waals surface area contributed by atoms with E-state index in [0.717, 1.165) is 40.7 Å². The second kappa shape index (κ2) is 7.31. The summed E-state index contributed by atoms with van der Waals surface area (Å²) in [6, 6.07) is 13.7. The van der Waals surface area contributed by atoms with Crippen LogP contribution in [0, 0.1) is 5.92 Å². The lowest BCUT2D eigenvalue weighted by Crippen LogP contribution is -2.51. The fourth-order valence-electron chi connectivity index (χ4n) is 4.78. The lowest BCUT2D eigenvalue weighted by atomic mass is 9.92. The van der Waals surface area contributed by atoms with Crippen LogP contribution in [0.4, 0.5) is 0 Å². The molecule has 0 bridgehead atoms. The number of rotatable bonds is 6. The quantitative estimate of drug-likeness (QED) is 0.640. The third-order valence-electron chi connectivity index (χ3n) is 6.31. The van der Waals surface area contributed by atoms with E-state index in [2.05, 4.69) is 10.2 Å². The Kier molecular flexibility index (Phi) is 4.70. The van der Waals surface area contributed by atoms with Gasteiger partial charge in [0.05, 0.1) is 17.2 Å². The van der Waals surface area contributed by atoms with Crippen molar-refractivity contribution in [3.63, 3.8) is 0 Å². The van der Waals surface area contributed by atoms with E-state index >= 15 is 0 Å². The van der Waals surface area contributed by atoms with E-state index in [1.54, 1.807) is 0 Å². The molecule has 1 aliphatic heterocycles. The molecule has 1 saturated carbocycles. The molecule has 5 rings (SSSR count). The van der Waals surface area contributed by atoms with Crippen molar-refractivity contribution in [3.8, 4) is 22.6 Å². The molecule has 6 heteroatoms. The molecule has 1 amide bonds. The smallest absolute Gasteiger partial charge is 0.255 e. The number of aliphatic hydroxyl groups is 1. The second-order valence-electron chi connectivity index (χ2n) is 9.14. The molecule has 2 aromatic carbocycles. The molecule has 3 aromatic rings. The van der Waals surface area contributed by atoms with Crippen molar-refractivity contribution < 1.29 is 14.3 Å². The van der Waals surface area contributed by atoms with Crippen LogP contribution in [0.2, 0.25) is 0 Å². The zero-order valence-electron chi connectivity index (χ0n) is 18.1. The van der Waals surface area contributed by atoms with E-state index in [9.17, 15) is 9.90 Å². The van der Waals surface area contributed by atoms with Gasteiger partial charge >= 0.3 is 0 Å². The molecule has 1 N–H and O–H groups in total. The Labute approximate surface area is 181 Å². The lowest BCUT2D eigenvalue weighted by molar-refractivity contribution is -0.0224. The SMILES string of the molecule is CCc1nnc(-c2ccc(-c3cccc4c3C(=O)N(C(C3CC3)C(C)(C)O)C4)cc2)o1. The number of hydrogen-bond donors (Lipinski definition) is 1. The normalized spacial score (nSPS) is 17.2. The van der Waals surface area contributed by atoms with Crippen LogP contribution >= 0.6 is 0 Å². The fourth-order valence-corrected chi connectivity index (χ4v) is 4.78. The molecule has 0 spiro atoms. The minimum Gasteiger partial charge on any atom is -0.421 e. The summed E-state index contributed by atoms with van der Waals surface area (Å²) in [6.07, 6.45) is 2.84. The van der Waals surface area contributed by atoms with Gasteiger partial charge in [-0.3, -0.25) is 4.79 Å². The first-order valence-corrected chi connectivity index (χ1v) is 10.9. The maximum absolute atomic E-state index is 13.5. The molecule has 1 fully saturated rings. The van der Waals surface area contributed by atoms with Gasteiger partial charge in [0.1, 0.15) is 0 Å². The highest BCUT2D eigenvalue weighted by molar-refractivity contribution is 6.04. The van der Waals surface area contributed by atoms with Gasteiger partial charge in [0.2, 0.25) is 11.8 Å². The van der Waals surface area contributed by atoms with Crippen molar-refractivity contribution in [1.29, 1.82) is 0 Å². The average Bonchev–Trinajstić information content (AvgIpc) is 3.35. The summed E-state index contributed by atoms with van der Waals surface area (Å²) in [4.78, 5) is 15.4. The number of fused-ring (bicyclic) bond motifs is 1. The highest BCUT2D eigenvalue weighted by Gasteiger charge is 2.48. The van der Waals surface area contributed by atoms with Crippen LogP contribution in [0.5, 0.6) is 0 Å². The monoisotopic (exact) mass is 417 g/mol. The van der Waals surface area contributed by atoms with Crippen molar-refractivity contribution in [1.82, 2.24) is 15.1 Å². The molecule has 6 nitrogen and oxygen atoms in total. The molecule has 2 aliphatic rings. The van der Waals surface area contributed by atoms with Gasteiger partial charge < -0.3 is 14.4 Å². The number of aryl methyl sites for hydroxylation is 1. The van der Waals surface area contributed by atoms with Crippen molar-refractivity contribution >= 4 is 5.91 Å². The minimum absolute atomic E-state index is 0.0122. The molecule has 1 atom stereocenters. The summed E-state index contributed by atoms with van der Waals surface area (Å²) >= 11 is 0.